The number of amidine groups is 1. The van der Waals surface area contributed by atoms with Crippen LogP contribution in [0.25, 0.3) is 17.0 Å². The van der Waals surface area contributed by atoms with E-state index in [0.717, 1.165) is 16.5 Å². The Bertz CT molecular complexity index is 1220. The van der Waals surface area contributed by atoms with E-state index in [1.54, 1.807) is 30.3 Å². The van der Waals surface area contributed by atoms with Crippen molar-refractivity contribution in [3.05, 3.63) is 74.7 Å². The van der Waals surface area contributed by atoms with Gasteiger partial charge in [-0.25, -0.2) is 4.99 Å². The summed E-state index contributed by atoms with van der Waals surface area (Å²) >= 11 is 13.5. The fourth-order valence-electron chi connectivity index (χ4n) is 2.70. The molecule has 0 atom stereocenters. The van der Waals surface area contributed by atoms with Gasteiger partial charge in [0, 0.05) is 11.6 Å². The lowest BCUT2D eigenvalue weighted by molar-refractivity contribution is -0.115. The molecule has 2 aromatic carbocycles. The van der Waals surface area contributed by atoms with E-state index in [1.807, 2.05) is 18.2 Å². The number of thioether (sulfide) groups is 1. The number of aromatic nitrogens is 1. The number of fused-ring (bicyclic) bond motifs is 1. The lowest BCUT2D eigenvalue weighted by atomic mass is 10.1. The lowest BCUT2D eigenvalue weighted by Crippen LogP contribution is -2.19. The fraction of sp³-hybridized carbons (Fsp3) is 0. The molecule has 2 amide bonds. The second-order valence-corrected chi connectivity index (χ2v) is 7.94. The maximum atomic E-state index is 12.3. The first kappa shape index (κ1) is 19.4. The molecule has 2 heterocycles. The highest BCUT2D eigenvalue weighted by molar-refractivity contribution is 8.18. The molecular formula is C20H12Cl2N4O2S. The first-order valence-corrected chi connectivity index (χ1v) is 9.91. The minimum Gasteiger partial charge on any atom is -0.366 e. The summed E-state index contributed by atoms with van der Waals surface area (Å²) in [6.07, 6.45) is 3.17. The van der Waals surface area contributed by atoms with Crippen molar-refractivity contribution in [2.24, 2.45) is 10.7 Å². The van der Waals surface area contributed by atoms with Gasteiger partial charge in [0.2, 0.25) is 5.91 Å². The maximum Gasteiger partial charge on any atom is 0.264 e. The van der Waals surface area contributed by atoms with E-state index in [0.29, 0.717) is 31.4 Å². The number of carbonyl (C=O) groups excluding carboxylic acids is 2. The first-order chi connectivity index (χ1) is 13.9. The van der Waals surface area contributed by atoms with Crippen LogP contribution >= 0.6 is 35.0 Å². The van der Waals surface area contributed by atoms with Crippen molar-refractivity contribution in [3.8, 4) is 0 Å². The number of carbonyl (C=O) groups is 2. The van der Waals surface area contributed by atoms with Crippen molar-refractivity contribution >= 4 is 74.6 Å². The van der Waals surface area contributed by atoms with E-state index in [9.17, 15) is 9.59 Å². The molecule has 6 nitrogen and oxygen atoms in total. The summed E-state index contributed by atoms with van der Waals surface area (Å²) in [7, 11) is 0. The zero-order chi connectivity index (χ0) is 20.5. The van der Waals surface area contributed by atoms with Crippen molar-refractivity contribution in [3.63, 3.8) is 0 Å². The molecule has 1 fully saturated rings. The summed E-state index contributed by atoms with van der Waals surface area (Å²) < 4.78 is 0. The average molecular weight is 443 g/mol. The molecule has 1 saturated heterocycles. The third kappa shape index (κ3) is 4.12. The molecule has 4 rings (SSSR count). The summed E-state index contributed by atoms with van der Waals surface area (Å²) in [6, 6.07) is 12.2. The van der Waals surface area contributed by atoms with E-state index >= 15 is 0 Å². The number of nitrogens with one attached hydrogen (secondary N) is 1. The van der Waals surface area contributed by atoms with E-state index in [1.165, 1.54) is 18.0 Å². The topological polar surface area (TPSA) is 97.4 Å². The van der Waals surface area contributed by atoms with Gasteiger partial charge in [-0.3, -0.25) is 14.6 Å². The van der Waals surface area contributed by atoms with Crippen LogP contribution in [-0.2, 0) is 4.79 Å². The predicted octanol–water partition coefficient (Wildman–Crippen LogP) is 4.53. The second-order valence-electron chi connectivity index (χ2n) is 6.09. The molecule has 1 aromatic heterocycles. The number of primary amides is 1. The van der Waals surface area contributed by atoms with Gasteiger partial charge >= 0.3 is 0 Å². The lowest BCUT2D eigenvalue weighted by Gasteiger charge is -2.02. The van der Waals surface area contributed by atoms with Crippen molar-refractivity contribution in [2.45, 2.75) is 0 Å². The quantitative estimate of drug-likeness (QED) is 0.581. The Hall–Kier alpha value is -2.87. The van der Waals surface area contributed by atoms with Crippen LogP contribution in [0.15, 0.2) is 58.6 Å². The largest absolute Gasteiger partial charge is 0.366 e. The van der Waals surface area contributed by atoms with Gasteiger partial charge in [-0.05, 0) is 53.7 Å². The number of halogens is 2. The number of aliphatic imine (C=N–C) groups is 1. The van der Waals surface area contributed by atoms with Crippen LogP contribution in [0.4, 0.5) is 5.69 Å². The van der Waals surface area contributed by atoms with Crippen LogP contribution in [0, 0.1) is 0 Å². The Kier molecular flexibility index (Phi) is 5.27. The number of rotatable bonds is 3. The van der Waals surface area contributed by atoms with Gasteiger partial charge in [0.25, 0.3) is 5.91 Å². The minimum absolute atomic E-state index is 0.277. The van der Waals surface area contributed by atoms with Crippen molar-refractivity contribution in [1.29, 1.82) is 0 Å². The van der Waals surface area contributed by atoms with Gasteiger partial charge < -0.3 is 11.1 Å². The Morgan fingerprint density at radius 2 is 1.93 bits per heavy atom. The Morgan fingerprint density at radius 3 is 2.66 bits per heavy atom. The number of nitrogens with zero attached hydrogens (tertiary/aromatic N) is 2. The normalized spacial score (nSPS) is 16.6. The van der Waals surface area contributed by atoms with Crippen molar-refractivity contribution in [2.75, 3.05) is 0 Å². The van der Waals surface area contributed by atoms with E-state index in [4.69, 9.17) is 28.9 Å². The molecule has 3 N–H and O–H groups in total. The summed E-state index contributed by atoms with van der Waals surface area (Å²) in [5.74, 6) is -0.825. The van der Waals surface area contributed by atoms with Gasteiger partial charge in [-0.2, -0.15) is 0 Å². The van der Waals surface area contributed by atoms with Gasteiger partial charge in [-0.15, -0.1) is 0 Å². The molecule has 9 heteroatoms. The number of hydrogen-bond donors (Lipinski definition) is 2. The van der Waals surface area contributed by atoms with Crippen LogP contribution < -0.4 is 11.1 Å². The number of para-hydroxylation sites is 1. The molecule has 3 aromatic rings. The summed E-state index contributed by atoms with van der Waals surface area (Å²) in [4.78, 5) is 32.7. The molecule has 29 heavy (non-hydrogen) atoms. The number of nitrogens with two attached hydrogens (primary N) is 1. The first-order valence-electron chi connectivity index (χ1n) is 8.34. The standard InChI is InChI=1S/C20H12Cl2N4O2S/c21-13-2-1-3-14(22)17(13)25-20-26-19(28)16(29-20)7-10-4-5-15-11(6-10)8-12(9-24-15)18(23)27/h1-9H,(H2,23,27)(H,25,26,28)/b16-7+. The highest BCUT2D eigenvalue weighted by Crippen LogP contribution is 2.35. The predicted molar refractivity (Wildman–Crippen MR) is 118 cm³/mol. The van der Waals surface area contributed by atoms with Gasteiger partial charge in [0.15, 0.2) is 5.17 Å². The molecule has 1 aliphatic heterocycles. The summed E-state index contributed by atoms with van der Waals surface area (Å²) in [5.41, 5.74) is 7.53. The number of benzene rings is 2. The van der Waals surface area contributed by atoms with Crippen molar-refractivity contribution in [1.82, 2.24) is 10.3 Å². The summed E-state index contributed by atoms with van der Waals surface area (Å²) in [6.45, 7) is 0. The SMILES string of the molecule is NC(=O)c1cnc2ccc(/C=C3/SC(=Nc4c(Cl)cccc4Cl)NC3=O)cc2c1. The van der Waals surface area contributed by atoms with Crippen LogP contribution in [0.3, 0.4) is 0 Å². The Balaban J connectivity index is 1.65. The smallest absolute Gasteiger partial charge is 0.264 e. The third-order valence-corrected chi connectivity index (χ3v) is 5.61. The molecule has 0 aliphatic carbocycles. The molecule has 144 valence electrons. The van der Waals surface area contributed by atoms with E-state index < -0.39 is 5.91 Å². The number of hydrogen-bond acceptors (Lipinski definition) is 5. The molecule has 0 radical (unpaired) electrons. The molecular weight excluding hydrogens is 431 g/mol. The van der Waals surface area contributed by atoms with E-state index in [2.05, 4.69) is 15.3 Å². The van der Waals surface area contributed by atoms with Gasteiger partial charge in [-0.1, -0.05) is 35.3 Å². The van der Waals surface area contributed by atoms with E-state index in [-0.39, 0.29) is 5.91 Å². The fourth-order valence-corrected chi connectivity index (χ4v) is 4.01. The molecule has 0 saturated carbocycles. The number of pyridine rings is 1. The average Bonchev–Trinajstić information content (AvgIpc) is 3.03. The molecule has 0 spiro atoms. The molecule has 0 bridgehead atoms. The molecule has 0 unspecified atom stereocenters. The minimum atomic E-state index is -0.548. The Labute approximate surface area is 179 Å². The molecule has 1 aliphatic rings. The van der Waals surface area contributed by atoms with Gasteiger partial charge in [0.1, 0.15) is 5.69 Å². The van der Waals surface area contributed by atoms with Gasteiger partial charge in [0.05, 0.1) is 26.0 Å². The monoisotopic (exact) mass is 442 g/mol. The highest BCUT2D eigenvalue weighted by atomic mass is 35.5. The highest BCUT2D eigenvalue weighted by Gasteiger charge is 2.24. The number of amides is 2. The van der Waals surface area contributed by atoms with Crippen molar-refractivity contribution < 1.29 is 9.59 Å². The zero-order valence-electron chi connectivity index (χ0n) is 14.6. The third-order valence-electron chi connectivity index (χ3n) is 4.09. The van der Waals surface area contributed by atoms with Crippen LogP contribution in [-0.4, -0.2) is 22.0 Å². The summed E-state index contributed by atoms with van der Waals surface area (Å²) in [5, 5.41) is 4.62. The zero-order valence-corrected chi connectivity index (χ0v) is 17.0. The van der Waals surface area contributed by atoms with Crippen LogP contribution in [0.1, 0.15) is 15.9 Å². The Morgan fingerprint density at radius 1 is 1.17 bits per heavy atom. The second kappa shape index (κ2) is 7.87. The maximum absolute atomic E-state index is 12.3. The van der Waals surface area contributed by atoms with Crippen LogP contribution in [0.5, 0.6) is 0 Å². The van der Waals surface area contributed by atoms with Crippen LogP contribution in [0.2, 0.25) is 10.0 Å².